The normalized spacial score (nSPS) is 15.4. The van der Waals surface area contributed by atoms with E-state index in [2.05, 4.69) is 13.8 Å². The van der Waals surface area contributed by atoms with Crippen LogP contribution in [0.15, 0.2) is 24.3 Å². The lowest BCUT2D eigenvalue weighted by Gasteiger charge is -2.32. The zero-order valence-corrected chi connectivity index (χ0v) is 8.36. The third-order valence-corrected chi connectivity index (χ3v) is 2.32. The highest BCUT2D eigenvalue weighted by Crippen LogP contribution is 2.32. The lowest BCUT2D eigenvalue weighted by atomic mass is 10.2. The first kappa shape index (κ1) is 9.06. The highest BCUT2D eigenvalue weighted by molar-refractivity contribution is 5.84. The van der Waals surface area contributed by atoms with Gasteiger partial charge in [0.1, 0.15) is 6.54 Å². The minimum Gasteiger partial charge on any atom is -0.423 e. The molecule has 0 spiro atoms. The van der Waals surface area contributed by atoms with Gasteiger partial charge in [0.25, 0.3) is 0 Å². The number of carbonyl (C=O) groups excluding carboxylic acids is 1. The van der Waals surface area contributed by atoms with E-state index in [4.69, 9.17) is 4.74 Å². The Balaban J connectivity index is 2.43. The summed E-state index contributed by atoms with van der Waals surface area (Å²) < 4.78 is 5.13. The van der Waals surface area contributed by atoms with E-state index in [0.29, 0.717) is 18.3 Å². The van der Waals surface area contributed by atoms with Crippen molar-refractivity contribution in [2.24, 2.45) is 0 Å². The number of hydrogen-bond acceptors (Lipinski definition) is 3. The Morgan fingerprint density at radius 2 is 2.07 bits per heavy atom. The van der Waals surface area contributed by atoms with Crippen LogP contribution in [-0.2, 0) is 4.79 Å². The Kier molecular flexibility index (Phi) is 2.15. The Labute approximate surface area is 83.3 Å². The smallest absolute Gasteiger partial charge is 0.331 e. The molecular weight excluding hydrogens is 178 g/mol. The molecule has 1 heterocycles. The van der Waals surface area contributed by atoms with Crippen LogP contribution in [-0.4, -0.2) is 18.6 Å². The number of rotatable bonds is 1. The second-order valence-corrected chi connectivity index (χ2v) is 3.66. The fraction of sp³-hybridized carbons (Fsp3) is 0.364. The summed E-state index contributed by atoms with van der Waals surface area (Å²) in [4.78, 5) is 13.3. The van der Waals surface area contributed by atoms with Crippen LogP contribution in [0.4, 0.5) is 5.69 Å². The first-order valence-electron chi connectivity index (χ1n) is 4.75. The van der Waals surface area contributed by atoms with Crippen molar-refractivity contribution in [3.63, 3.8) is 0 Å². The molecule has 0 saturated heterocycles. The SMILES string of the molecule is CC(C)N1CC(=O)Oc2ccccc21. The van der Waals surface area contributed by atoms with Crippen molar-refractivity contribution in [1.29, 1.82) is 0 Å². The Hall–Kier alpha value is -1.51. The van der Waals surface area contributed by atoms with E-state index in [-0.39, 0.29) is 5.97 Å². The van der Waals surface area contributed by atoms with Gasteiger partial charge in [-0.05, 0) is 26.0 Å². The number of esters is 1. The van der Waals surface area contributed by atoms with Gasteiger partial charge in [-0.1, -0.05) is 12.1 Å². The Morgan fingerprint density at radius 1 is 1.36 bits per heavy atom. The number of para-hydroxylation sites is 2. The van der Waals surface area contributed by atoms with Gasteiger partial charge in [0.2, 0.25) is 0 Å². The van der Waals surface area contributed by atoms with Crippen molar-refractivity contribution in [3.05, 3.63) is 24.3 Å². The molecule has 0 aliphatic carbocycles. The maximum atomic E-state index is 11.3. The first-order chi connectivity index (χ1) is 6.68. The van der Waals surface area contributed by atoms with Crippen molar-refractivity contribution in [2.75, 3.05) is 11.4 Å². The molecule has 0 bridgehead atoms. The Bertz CT molecular complexity index is 360. The van der Waals surface area contributed by atoms with Gasteiger partial charge in [-0.2, -0.15) is 0 Å². The fourth-order valence-electron chi connectivity index (χ4n) is 1.62. The largest absolute Gasteiger partial charge is 0.423 e. The molecule has 2 rings (SSSR count). The van der Waals surface area contributed by atoms with Gasteiger partial charge in [-0.15, -0.1) is 0 Å². The number of carbonyl (C=O) groups is 1. The average Bonchev–Trinajstić information content (AvgIpc) is 2.16. The second kappa shape index (κ2) is 3.33. The van der Waals surface area contributed by atoms with Crippen molar-refractivity contribution >= 4 is 11.7 Å². The number of benzene rings is 1. The van der Waals surface area contributed by atoms with E-state index < -0.39 is 0 Å². The molecule has 0 aromatic heterocycles. The van der Waals surface area contributed by atoms with Crippen LogP contribution in [0.25, 0.3) is 0 Å². The molecular formula is C11H13NO2. The zero-order chi connectivity index (χ0) is 10.1. The summed E-state index contributed by atoms with van der Waals surface area (Å²) in [5.41, 5.74) is 1.00. The summed E-state index contributed by atoms with van der Waals surface area (Å²) in [6.07, 6.45) is 0. The molecule has 0 amide bonds. The molecule has 3 nitrogen and oxygen atoms in total. The van der Waals surface area contributed by atoms with Crippen LogP contribution >= 0.6 is 0 Å². The van der Waals surface area contributed by atoms with Gasteiger partial charge in [0.15, 0.2) is 5.75 Å². The van der Waals surface area contributed by atoms with Crippen LogP contribution < -0.4 is 9.64 Å². The predicted octanol–water partition coefficient (Wildman–Crippen LogP) is 1.82. The van der Waals surface area contributed by atoms with E-state index in [1.807, 2.05) is 29.2 Å². The van der Waals surface area contributed by atoms with Crippen molar-refractivity contribution < 1.29 is 9.53 Å². The van der Waals surface area contributed by atoms with Gasteiger partial charge >= 0.3 is 5.97 Å². The Morgan fingerprint density at radius 3 is 2.79 bits per heavy atom. The number of anilines is 1. The van der Waals surface area contributed by atoms with E-state index in [1.165, 1.54) is 0 Å². The summed E-state index contributed by atoms with van der Waals surface area (Å²) in [5, 5.41) is 0. The zero-order valence-electron chi connectivity index (χ0n) is 8.36. The minimum atomic E-state index is -0.183. The standard InChI is InChI=1S/C11H13NO2/c1-8(2)12-7-11(13)14-10-6-4-3-5-9(10)12/h3-6,8H,7H2,1-2H3. The van der Waals surface area contributed by atoms with Crippen molar-refractivity contribution in [3.8, 4) is 5.75 Å². The van der Waals surface area contributed by atoms with Crippen LogP contribution in [0, 0.1) is 0 Å². The molecule has 0 fully saturated rings. The predicted molar refractivity (Wildman–Crippen MR) is 54.6 cm³/mol. The number of nitrogens with zero attached hydrogens (tertiary/aromatic N) is 1. The van der Waals surface area contributed by atoms with E-state index >= 15 is 0 Å². The van der Waals surface area contributed by atoms with Crippen LogP contribution in [0.3, 0.4) is 0 Å². The summed E-state index contributed by atoms with van der Waals surface area (Å²) in [5.74, 6) is 0.481. The molecule has 1 aliphatic heterocycles. The molecule has 74 valence electrons. The van der Waals surface area contributed by atoms with Crippen LogP contribution in [0.2, 0.25) is 0 Å². The fourth-order valence-corrected chi connectivity index (χ4v) is 1.62. The third kappa shape index (κ3) is 1.45. The molecule has 1 aliphatic rings. The third-order valence-electron chi connectivity index (χ3n) is 2.32. The topological polar surface area (TPSA) is 29.5 Å². The molecule has 0 atom stereocenters. The second-order valence-electron chi connectivity index (χ2n) is 3.66. The lowest BCUT2D eigenvalue weighted by molar-refractivity contribution is -0.133. The quantitative estimate of drug-likeness (QED) is 0.501. The first-order valence-corrected chi connectivity index (χ1v) is 4.75. The van der Waals surface area contributed by atoms with Gasteiger partial charge < -0.3 is 9.64 Å². The van der Waals surface area contributed by atoms with Crippen LogP contribution in [0.1, 0.15) is 13.8 Å². The van der Waals surface area contributed by atoms with Crippen molar-refractivity contribution in [1.82, 2.24) is 0 Å². The molecule has 0 saturated carbocycles. The maximum Gasteiger partial charge on any atom is 0.331 e. The van der Waals surface area contributed by atoms with Gasteiger partial charge in [-0.3, -0.25) is 0 Å². The number of hydrogen-bond donors (Lipinski definition) is 0. The van der Waals surface area contributed by atoms with E-state index in [9.17, 15) is 4.79 Å². The van der Waals surface area contributed by atoms with Crippen molar-refractivity contribution in [2.45, 2.75) is 19.9 Å². The number of fused-ring (bicyclic) bond motifs is 1. The van der Waals surface area contributed by atoms with E-state index in [1.54, 1.807) is 0 Å². The lowest BCUT2D eigenvalue weighted by Crippen LogP contribution is -2.41. The summed E-state index contributed by atoms with van der Waals surface area (Å²) in [7, 11) is 0. The molecule has 0 N–H and O–H groups in total. The maximum absolute atomic E-state index is 11.3. The number of ether oxygens (including phenoxy) is 1. The summed E-state index contributed by atoms with van der Waals surface area (Å²) >= 11 is 0. The van der Waals surface area contributed by atoms with Crippen LogP contribution in [0.5, 0.6) is 5.75 Å². The highest BCUT2D eigenvalue weighted by atomic mass is 16.5. The molecule has 0 unspecified atom stereocenters. The monoisotopic (exact) mass is 191 g/mol. The van der Waals surface area contributed by atoms with Gasteiger partial charge in [0.05, 0.1) is 5.69 Å². The van der Waals surface area contributed by atoms with Gasteiger partial charge in [-0.25, -0.2) is 4.79 Å². The highest BCUT2D eigenvalue weighted by Gasteiger charge is 2.24. The molecule has 14 heavy (non-hydrogen) atoms. The summed E-state index contributed by atoms with van der Waals surface area (Å²) in [6.45, 7) is 4.47. The molecule has 0 radical (unpaired) electrons. The van der Waals surface area contributed by atoms with E-state index in [0.717, 1.165) is 5.69 Å². The average molecular weight is 191 g/mol. The summed E-state index contributed by atoms with van der Waals surface area (Å²) in [6, 6.07) is 7.93. The minimum absolute atomic E-state index is 0.183. The molecule has 1 aromatic rings. The molecule has 1 aromatic carbocycles. The molecule has 3 heteroatoms. The van der Waals surface area contributed by atoms with Gasteiger partial charge in [0, 0.05) is 6.04 Å².